The minimum absolute atomic E-state index is 0.113. The quantitative estimate of drug-likeness (QED) is 0.382. The van der Waals surface area contributed by atoms with E-state index in [1.54, 1.807) is 4.90 Å². The number of aliphatic hydroxyl groups is 1. The summed E-state index contributed by atoms with van der Waals surface area (Å²) in [5.41, 5.74) is 4.87. The van der Waals surface area contributed by atoms with E-state index in [9.17, 15) is 9.90 Å². The molecule has 1 atom stereocenters. The van der Waals surface area contributed by atoms with Crippen LogP contribution in [-0.2, 0) is 17.8 Å². The number of nitrogens with zero attached hydrogens (tertiary/aromatic N) is 1. The largest absolute Gasteiger partial charge is 0.509 e. The zero-order valence-corrected chi connectivity index (χ0v) is 18.3. The summed E-state index contributed by atoms with van der Waals surface area (Å²) in [5, 5.41) is 13.0. The Morgan fingerprint density at radius 3 is 2.06 bits per heavy atom. The van der Waals surface area contributed by atoms with E-state index in [0.29, 0.717) is 18.5 Å². The molecule has 3 nitrogen and oxygen atoms in total. The fraction of sp³-hybridized carbons (Fsp3) is 0.107. The van der Waals surface area contributed by atoms with Crippen molar-refractivity contribution < 1.29 is 9.90 Å². The maximum absolute atomic E-state index is 13.4. The third-order valence-electron chi connectivity index (χ3n) is 5.88. The number of hydrogen-bond donors (Lipinski definition) is 1. The molecule has 5 rings (SSSR count). The summed E-state index contributed by atoms with van der Waals surface area (Å²) in [5.74, 6) is 0.0558. The van der Waals surface area contributed by atoms with Gasteiger partial charge in [0.15, 0.2) is 0 Å². The molecule has 0 fully saturated rings. The van der Waals surface area contributed by atoms with Gasteiger partial charge in [0, 0.05) is 17.8 Å². The van der Waals surface area contributed by atoms with Crippen LogP contribution in [0, 0.1) is 0 Å². The van der Waals surface area contributed by atoms with Crippen LogP contribution in [0.2, 0.25) is 0 Å². The second kappa shape index (κ2) is 8.85. The molecular formula is C28H23NO2S. The van der Waals surface area contributed by atoms with Crippen LogP contribution in [0.1, 0.15) is 16.0 Å². The Balaban J connectivity index is 1.44. The van der Waals surface area contributed by atoms with Crippen molar-refractivity contribution in [3.63, 3.8) is 0 Å². The maximum atomic E-state index is 13.4. The SMILES string of the molecule is O=C1C(c2cccs2)=C(O)[C@@H](Cc2ccccc2)N1Cc1ccc(-c2ccccc2)cc1. The molecule has 0 unspecified atom stereocenters. The van der Waals surface area contributed by atoms with E-state index in [1.165, 1.54) is 11.3 Å². The first-order valence-electron chi connectivity index (χ1n) is 10.7. The number of benzene rings is 3. The van der Waals surface area contributed by atoms with Crippen LogP contribution < -0.4 is 0 Å². The van der Waals surface area contributed by atoms with Crippen molar-refractivity contribution >= 4 is 22.8 Å². The molecule has 1 N–H and O–H groups in total. The van der Waals surface area contributed by atoms with Crippen LogP contribution in [0.3, 0.4) is 0 Å². The Bertz CT molecular complexity index is 1230. The van der Waals surface area contributed by atoms with Crippen LogP contribution in [-0.4, -0.2) is 22.0 Å². The Morgan fingerprint density at radius 1 is 0.750 bits per heavy atom. The lowest BCUT2D eigenvalue weighted by Crippen LogP contribution is -2.36. The highest BCUT2D eigenvalue weighted by atomic mass is 32.1. The molecule has 0 aliphatic carbocycles. The van der Waals surface area contributed by atoms with Crippen molar-refractivity contribution in [2.45, 2.75) is 19.0 Å². The molecule has 0 bridgehead atoms. The average molecular weight is 438 g/mol. The first-order valence-corrected chi connectivity index (χ1v) is 11.5. The summed E-state index contributed by atoms with van der Waals surface area (Å²) in [6.07, 6.45) is 0.579. The normalized spacial score (nSPS) is 16.1. The van der Waals surface area contributed by atoms with Crippen LogP contribution >= 0.6 is 11.3 Å². The molecule has 4 heteroatoms. The van der Waals surface area contributed by atoms with Gasteiger partial charge in [0.05, 0.1) is 11.6 Å². The first kappa shape index (κ1) is 20.3. The van der Waals surface area contributed by atoms with Gasteiger partial charge in [-0.05, 0) is 33.7 Å². The molecule has 2 heterocycles. The number of thiophene rings is 1. The number of carbonyl (C=O) groups is 1. The summed E-state index contributed by atoms with van der Waals surface area (Å²) >= 11 is 1.48. The standard InChI is InChI=1S/C28H23NO2S/c30-27-24(18-20-8-3-1-4-9-20)29(28(31)26(27)25-12-7-17-32-25)19-21-13-15-23(16-14-21)22-10-5-2-6-11-22/h1-17,24,30H,18-19H2/t24-/m1/s1. The maximum Gasteiger partial charge on any atom is 0.259 e. The second-order valence-corrected chi connectivity index (χ2v) is 8.89. The molecule has 1 aromatic heterocycles. The van der Waals surface area contributed by atoms with Crippen molar-refractivity contribution in [2.24, 2.45) is 0 Å². The highest BCUT2D eigenvalue weighted by Crippen LogP contribution is 2.36. The Labute approximate surface area is 191 Å². The molecule has 1 aliphatic heterocycles. The lowest BCUT2D eigenvalue weighted by Gasteiger charge is -2.26. The van der Waals surface area contributed by atoms with Crippen LogP contribution in [0.15, 0.2) is 108 Å². The van der Waals surface area contributed by atoms with E-state index in [4.69, 9.17) is 0 Å². The molecule has 1 amide bonds. The van der Waals surface area contributed by atoms with Crippen molar-refractivity contribution in [2.75, 3.05) is 0 Å². The van der Waals surface area contributed by atoms with Gasteiger partial charge in [-0.15, -0.1) is 11.3 Å². The average Bonchev–Trinajstić information content (AvgIpc) is 3.44. The number of aliphatic hydroxyl groups excluding tert-OH is 1. The summed E-state index contributed by atoms with van der Waals surface area (Å²) in [7, 11) is 0. The first-order chi connectivity index (χ1) is 15.7. The van der Waals surface area contributed by atoms with Gasteiger partial charge in [0.25, 0.3) is 5.91 Å². The van der Waals surface area contributed by atoms with Gasteiger partial charge in [-0.3, -0.25) is 4.79 Å². The Hall–Kier alpha value is -3.63. The smallest absolute Gasteiger partial charge is 0.259 e. The van der Waals surface area contributed by atoms with Gasteiger partial charge in [0.1, 0.15) is 5.76 Å². The third kappa shape index (κ3) is 3.97. The van der Waals surface area contributed by atoms with Gasteiger partial charge < -0.3 is 10.0 Å². The summed E-state index contributed by atoms with van der Waals surface area (Å²) < 4.78 is 0. The minimum atomic E-state index is -0.379. The van der Waals surface area contributed by atoms with E-state index in [2.05, 4.69) is 36.4 Å². The van der Waals surface area contributed by atoms with Crippen molar-refractivity contribution in [1.82, 2.24) is 4.90 Å². The monoisotopic (exact) mass is 437 g/mol. The van der Waals surface area contributed by atoms with Crippen LogP contribution in [0.4, 0.5) is 0 Å². The Morgan fingerprint density at radius 2 is 1.41 bits per heavy atom. The molecule has 4 aromatic rings. The summed E-state index contributed by atoms with van der Waals surface area (Å²) in [4.78, 5) is 16.0. The number of carbonyl (C=O) groups excluding carboxylic acids is 1. The predicted octanol–water partition coefficient (Wildman–Crippen LogP) is 6.34. The highest BCUT2D eigenvalue weighted by molar-refractivity contribution is 7.11. The zero-order valence-electron chi connectivity index (χ0n) is 17.5. The predicted molar refractivity (Wildman–Crippen MR) is 130 cm³/mol. The van der Waals surface area contributed by atoms with E-state index in [0.717, 1.165) is 27.1 Å². The van der Waals surface area contributed by atoms with Gasteiger partial charge in [-0.1, -0.05) is 91.0 Å². The van der Waals surface area contributed by atoms with Gasteiger partial charge in [-0.25, -0.2) is 0 Å². The fourth-order valence-electron chi connectivity index (χ4n) is 4.22. The van der Waals surface area contributed by atoms with Gasteiger partial charge >= 0.3 is 0 Å². The van der Waals surface area contributed by atoms with E-state index < -0.39 is 0 Å². The second-order valence-electron chi connectivity index (χ2n) is 7.94. The summed E-state index contributed by atoms with van der Waals surface area (Å²) in [6, 6.07) is 32.0. The van der Waals surface area contributed by atoms with Gasteiger partial charge in [0.2, 0.25) is 0 Å². The molecule has 32 heavy (non-hydrogen) atoms. The number of amides is 1. The molecule has 0 saturated carbocycles. The molecule has 158 valence electrons. The molecule has 3 aromatic carbocycles. The van der Waals surface area contributed by atoms with Gasteiger partial charge in [-0.2, -0.15) is 0 Å². The third-order valence-corrected chi connectivity index (χ3v) is 6.76. The highest BCUT2D eigenvalue weighted by Gasteiger charge is 2.40. The number of rotatable bonds is 6. The fourth-order valence-corrected chi connectivity index (χ4v) is 4.99. The van der Waals surface area contributed by atoms with Crippen LogP contribution in [0.5, 0.6) is 0 Å². The zero-order chi connectivity index (χ0) is 21.9. The molecule has 1 aliphatic rings. The van der Waals surface area contributed by atoms with Crippen molar-refractivity contribution in [1.29, 1.82) is 0 Å². The van der Waals surface area contributed by atoms with Crippen molar-refractivity contribution in [3.8, 4) is 11.1 Å². The molecule has 0 saturated heterocycles. The lowest BCUT2D eigenvalue weighted by atomic mass is 10.0. The summed E-state index contributed by atoms with van der Waals surface area (Å²) in [6.45, 7) is 0.449. The van der Waals surface area contributed by atoms with Crippen LogP contribution in [0.25, 0.3) is 16.7 Å². The minimum Gasteiger partial charge on any atom is -0.509 e. The topological polar surface area (TPSA) is 40.5 Å². The van der Waals surface area contributed by atoms with E-state index >= 15 is 0 Å². The Kier molecular flexibility index (Phi) is 5.61. The molecule has 0 spiro atoms. The van der Waals surface area contributed by atoms with E-state index in [1.807, 2.05) is 66.0 Å². The molecule has 0 radical (unpaired) electrons. The number of hydrogen-bond acceptors (Lipinski definition) is 3. The van der Waals surface area contributed by atoms with Crippen molar-refractivity contribution in [3.05, 3.63) is 124 Å². The molecular weight excluding hydrogens is 414 g/mol. The van der Waals surface area contributed by atoms with E-state index in [-0.39, 0.29) is 17.7 Å². The lowest BCUT2D eigenvalue weighted by molar-refractivity contribution is -0.126.